The average Bonchev–Trinajstić information content (AvgIpc) is 2.76. The molecule has 2 aromatic heterocycles. The maximum Gasteiger partial charge on any atom is 0.174 e. The van der Waals surface area contributed by atoms with E-state index in [1.54, 1.807) is 40.2 Å². The van der Waals surface area contributed by atoms with E-state index in [9.17, 15) is 0 Å². The van der Waals surface area contributed by atoms with Gasteiger partial charge in [0.2, 0.25) is 0 Å². The molecular formula is C6H7N5S2. The molecule has 0 spiro atoms. The van der Waals surface area contributed by atoms with Gasteiger partial charge in [0, 0.05) is 6.20 Å². The van der Waals surface area contributed by atoms with E-state index in [2.05, 4.69) is 20.5 Å². The third-order valence-corrected chi connectivity index (χ3v) is 3.28. The zero-order valence-corrected chi connectivity index (χ0v) is 8.55. The van der Waals surface area contributed by atoms with Crippen LogP contribution in [0.4, 0.5) is 0 Å². The Morgan fingerprint density at radius 1 is 1.54 bits per heavy atom. The summed E-state index contributed by atoms with van der Waals surface area (Å²) in [5, 5.41) is 16.5. The summed E-state index contributed by atoms with van der Waals surface area (Å²) in [6.45, 7) is 0.651. The van der Waals surface area contributed by atoms with Gasteiger partial charge in [0.1, 0.15) is 5.01 Å². The number of thioether (sulfide) groups is 1. The second-order valence-electron chi connectivity index (χ2n) is 2.27. The minimum Gasteiger partial charge on any atom is -0.246 e. The van der Waals surface area contributed by atoms with Crippen LogP contribution in [0, 0.1) is 0 Å². The van der Waals surface area contributed by atoms with E-state index in [4.69, 9.17) is 0 Å². The fourth-order valence-electron chi connectivity index (χ4n) is 0.840. The Morgan fingerprint density at radius 3 is 3.08 bits per heavy atom. The predicted molar refractivity (Wildman–Crippen MR) is 50.8 cm³/mol. The molecule has 0 atom stereocenters. The molecule has 13 heavy (non-hydrogen) atoms. The maximum atomic E-state index is 4.02. The Bertz CT molecular complexity index is 368. The molecule has 0 aliphatic rings. The monoisotopic (exact) mass is 213 g/mol. The van der Waals surface area contributed by atoms with E-state index < -0.39 is 0 Å². The normalized spacial score (nSPS) is 10.5. The van der Waals surface area contributed by atoms with Crippen LogP contribution in [0.5, 0.6) is 0 Å². The molecule has 0 saturated carbocycles. The van der Waals surface area contributed by atoms with Gasteiger partial charge in [0.15, 0.2) is 4.34 Å². The van der Waals surface area contributed by atoms with Crippen molar-refractivity contribution in [2.45, 2.75) is 10.9 Å². The molecule has 0 N–H and O–H groups in total. The molecule has 0 bridgehead atoms. The van der Waals surface area contributed by atoms with Crippen molar-refractivity contribution in [3.8, 4) is 0 Å². The van der Waals surface area contributed by atoms with Crippen molar-refractivity contribution >= 4 is 23.1 Å². The van der Waals surface area contributed by atoms with Crippen molar-refractivity contribution < 1.29 is 0 Å². The zero-order chi connectivity index (χ0) is 9.10. The lowest BCUT2D eigenvalue weighted by atomic mass is 10.7. The van der Waals surface area contributed by atoms with Crippen LogP contribution >= 0.6 is 23.1 Å². The van der Waals surface area contributed by atoms with Crippen molar-refractivity contribution in [2.75, 3.05) is 6.26 Å². The molecule has 2 aromatic rings. The molecule has 2 heterocycles. The summed E-state index contributed by atoms with van der Waals surface area (Å²) in [6, 6.07) is 0. The molecule has 7 heteroatoms. The Morgan fingerprint density at radius 2 is 2.46 bits per heavy atom. The first kappa shape index (κ1) is 8.64. The van der Waals surface area contributed by atoms with Gasteiger partial charge in [-0.25, -0.2) is 4.68 Å². The van der Waals surface area contributed by atoms with Crippen LogP contribution in [-0.2, 0) is 6.54 Å². The Balaban J connectivity index is 2.10. The first-order chi connectivity index (χ1) is 6.38. The molecule has 5 nitrogen and oxygen atoms in total. The van der Waals surface area contributed by atoms with Crippen LogP contribution < -0.4 is 0 Å². The lowest BCUT2D eigenvalue weighted by molar-refractivity contribution is 0.642. The van der Waals surface area contributed by atoms with Gasteiger partial charge in [-0.15, -0.1) is 15.3 Å². The summed E-state index contributed by atoms with van der Waals surface area (Å²) in [5.41, 5.74) is 0. The van der Waals surface area contributed by atoms with Crippen LogP contribution in [0.25, 0.3) is 0 Å². The number of rotatable bonds is 3. The molecule has 0 amide bonds. The highest BCUT2D eigenvalue weighted by Crippen LogP contribution is 2.19. The predicted octanol–water partition coefficient (Wildman–Crippen LogP) is 0.900. The van der Waals surface area contributed by atoms with Crippen LogP contribution in [-0.4, -0.2) is 31.4 Å². The summed E-state index contributed by atoms with van der Waals surface area (Å²) < 4.78 is 2.71. The Hall–Kier alpha value is -0.950. The van der Waals surface area contributed by atoms with Crippen molar-refractivity contribution in [3.05, 3.63) is 17.4 Å². The van der Waals surface area contributed by atoms with Gasteiger partial charge in [-0.2, -0.15) is 0 Å². The van der Waals surface area contributed by atoms with E-state index in [1.807, 2.05) is 6.26 Å². The van der Waals surface area contributed by atoms with Gasteiger partial charge in [-0.1, -0.05) is 28.3 Å². The molecular weight excluding hydrogens is 206 g/mol. The minimum atomic E-state index is 0.651. The highest BCUT2D eigenvalue weighted by atomic mass is 32.2. The third-order valence-electron chi connectivity index (χ3n) is 1.39. The summed E-state index contributed by atoms with van der Waals surface area (Å²) >= 11 is 3.19. The zero-order valence-electron chi connectivity index (χ0n) is 6.91. The first-order valence-corrected chi connectivity index (χ1v) is 5.63. The van der Waals surface area contributed by atoms with Gasteiger partial charge in [0.25, 0.3) is 0 Å². The molecule has 2 rings (SSSR count). The second-order valence-corrected chi connectivity index (χ2v) is 4.38. The molecule has 0 aliphatic carbocycles. The van der Waals surface area contributed by atoms with Crippen molar-refractivity contribution in [2.24, 2.45) is 0 Å². The topological polar surface area (TPSA) is 56.5 Å². The second kappa shape index (κ2) is 3.84. The molecule has 0 radical (unpaired) electrons. The lowest BCUT2D eigenvalue weighted by Crippen LogP contribution is -1.99. The van der Waals surface area contributed by atoms with E-state index in [-0.39, 0.29) is 0 Å². The van der Waals surface area contributed by atoms with E-state index in [0.717, 1.165) is 9.35 Å². The fraction of sp³-hybridized carbons (Fsp3) is 0.333. The van der Waals surface area contributed by atoms with E-state index >= 15 is 0 Å². The summed E-state index contributed by atoms with van der Waals surface area (Å²) in [4.78, 5) is 0. The van der Waals surface area contributed by atoms with Gasteiger partial charge in [-0.3, -0.25) is 0 Å². The third kappa shape index (κ3) is 2.04. The van der Waals surface area contributed by atoms with Crippen LogP contribution in [0.1, 0.15) is 5.01 Å². The molecule has 0 fully saturated rings. The number of hydrogen-bond acceptors (Lipinski definition) is 6. The molecule has 0 aromatic carbocycles. The highest BCUT2D eigenvalue weighted by molar-refractivity contribution is 8.00. The molecule has 0 unspecified atom stereocenters. The van der Waals surface area contributed by atoms with Gasteiger partial charge < -0.3 is 0 Å². The van der Waals surface area contributed by atoms with E-state index in [1.165, 1.54) is 0 Å². The smallest absolute Gasteiger partial charge is 0.174 e. The average molecular weight is 213 g/mol. The van der Waals surface area contributed by atoms with Gasteiger partial charge >= 0.3 is 0 Å². The van der Waals surface area contributed by atoms with E-state index in [0.29, 0.717) is 6.54 Å². The number of aromatic nitrogens is 5. The standard InChI is InChI=1S/C6H7N5S2/c1-12-6-9-8-5(13-6)4-11-3-2-7-10-11/h2-3H,4H2,1H3. The van der Waals surface area contributed by atoms with Crippen LogP contribution in [0.2, 0.25) is 0 Å². The van der Waals surface area contributed by atoms with Crippen molar-refractivity contribution in [1.82, 2.24) is 25.2 Å². The first-order valence-electron chi connectivity index (χ1n) is 3.59. The highest BCUT2D eigenvalue weighted by Gasteiger charge is 2.03. The number of nitrogens with zero attached hydrogens (tertiary/aromatic N) is 5. The summed E-state index contributed by atoms with van der Waals surface area (Å²) in [7, 11) is 0. The molecule has 68 valence electrons. The summed E-state index contributed by atoms with van der Waals surface area (Å²) in [6.07, 6.45) is 5.44. The van der Waals surface area contributed by atoms with Crippen molar-refractivity contribution in [1.29, 1.82) is 0 Å². The lowest BCUT2D eigenvalue weighted by Gasteiger charge is -1.92. The van der Waals surface area contributed by atoms with Gasteiger partial charge in [-0.05, 0) is 6.26 Å². The van der Waals surface area contributed by atoms with Gasteiger partial charge in [0.05, 0.1) is 12.7 Å². The quantitative estimate of drug-likeness (QED) is 0.709. The summed E-state index contributed by atoms with van der Waals surface area (Å²) in [5.74, 6) is 0. The number of hydrogen-bond donors (Lipinski definition) is 0. The molecule has 0 saturated heterocycles. The SMILES string of the molecule is CSc1nnc(Cn2ccnn2)s1. The maximum absolute atomic E-state index is 4.02. The Kier molecular flexibility index (Phi) is 2.55. The fourth-order valence-corrected chi connectivity index (χ4v) is 2.15. The Labute approximate surface area is 83.2 Å². The van der Waals surface area contributed by atoms with Crippen LogP contribution in [0.3, 0.4) is 0 Å². The largest absolute Gasteiger partial charge is 0.246 e. The van der Waals surface area contributed by atoms with Crippen LogP contribution in [0.15, 0.2) is 16.7 Å². The molecule has 0 aliphatic heterocycles. The van der Waals surface area contributed by atoms with Crippen molar-refractivity contribution in [3.63, 3.8) is 0 Å². The minimum absolute atomic E-state index is 0.651.